The van der Waals surface area contributed by atoms with Gasteiger partial charge in [0.25, 0.3) is 5.91 Å². The first-order chi connectivity index (χ1) is 17.4. The number of halogens is 1. The van der Waals surface area contributed by atoms with Crippen LogP contribution < -0.4 is 10.2 Å². The molecule has 190 valence electrons. The van der Waals surface area contributed by atoms with E-state index in [2.05, 4.69) is 27.3 Å². The number of aromatic nitrogens is 1. The highest BCUT2D eigenvalue weighted by Crippen LogP contribution is 2.31. The number of anilines is 1. The van der Waals surface area contributed by atoms with Gasteiger partial charge >= 0.3 is 0 Å². The second-order valence-corrected chi connectivity index (χ2v) is 12.7. The zero-order chi connectivity index (χ0) is 25.7. The zero-order valence-corrected chi connectivity index (χ0v) is 23.8. The molecule has 0 spiro atoms. The molecule has 0 bridgehead atoms. The van der Waals surface area contributed by atoms with E-state index in [0.29, 0.717) is 22.4 Å². The number of nitrogens with zero attached hydrogens (tertiary/aromatic N) is 2. The summed E-state index contributed by atoms with van der Waals surface area (Å²) in [7, 11) is 0. The zero-order valence-electron chi connectivity index (χ0n) is 20.6. The van der Waals surface area contributed by atoms with Gasteiger partial charge in [-0.25, -0.2) is 4.98 Å². The molecule has 9 heteroatoms. The molecule has 2 unspecified atom stereocenters. The molecule has 1 saturated heterocycles. The van der Waals surface area contributed by atoms with Crippen molar-refractivity contribution in [2.45, 2.75) is 19.8 Å². The van der Waals surface area contributed by atoms with Crippen LogP contribution in [-0.4, -0.2) is 47.6 Å². The number of rotatable bonds is 8. The van der Waals surface area contributed by atoms with Crippen molar-refractivity contribution >= 4 is 63.5 Å². The van der Waals surface area contributed by atoms with Gasteiger partial charge in [-0.2, -0.15) is 0 Å². The van der Waals surface area contributed by atoms with Crippen LogP contribution in [0.3, 0.4) is 0 Å². The molecular formula is C27H30ClN3O2S3. The maximum absolute atomic E-state index is 13.0. The first kappa shape index (κ1) is 27.1. The number of carbonyl (C=O) groups is 1. The van der Waals surface area contributed by atoms with Crippen molar-refractivity contribution in [1.82, 2.24) is 10.3 Å². The molecule has 5 nitrogen and oxygen atoms in total. The Labute approximate surface area is 229 Å². The number of aryl methyl sites for hydroxylation is 1. The Hall–Kier alpha value is -1.97. The number of thiazole rings is 1. The molecule has 3 aromatic rings. The van der Waals surface area contributed by atoms with Crippen LogP contribution in [0.2, 0.25) is 5.02 Å². The molecule has 1 fully saturated rings. The monoisotopic (exact) mass is 559 g/mol. The van der Waals surface area contributed by atoms with Crippen LogP contribution in [0.1, 0.15) is 33.8 Å². The quantitative estimate of drug-likeness (QED) is 0.321. The minimum absolute atomic E-state index is 0.0688. The molecule has 1 aromatic heterocycles. The summed E-state index contributed by atoms with van der Waals surface area (Å²) >= 11 is 7.92. The van der Waals surface area contributed by atoms with Crippen molar-refractivity contribution in [2.75, 3.05) is 37.0 Å². The second kappa shape index (κ2) is 12.5. The normalized spacial score (nSPS) is 17.2. The topological polar surface area (TPSA) is 68.3 Å². The standard InChI is InChI=1S/C27H30ClN3O2S3/c1-18-25(35-27(30-18)20-10-12-22(28)13-11-20)26(32)29-16-19-7-6-14-31(17-19)23-9-5-4-8-21(23)15-24(34-2)36(3)33/h4-5,8-13,15,19H,6-7,14,16-17H2,1-3H3,(H,29,32)/b24-15-. The van der Waals surface area contributed by atoms with Crippen LogP contribution in [0.25, 0.3) is 16.6 Å². The van der Waals surface area contributed by atoms with Crippen molar-refractivity contribution in [3.8, 4) is 10.6 Å². The van der Waals surface area contributed by atoms with Gasteiger partial charge in [-0.1, -0.05) is 53.7 Å². The Bertz CT molecular complexity index is 1230. The lowest BCUT2D eigenvalue weighted by Crippen LogP contribution is -2.41. The van der Waals surface area contributed by atoms with Gasteiger partial charge in [0.05, 0.1) is 5.69 Å². The summed E-state index contributed by atoms with van der Waals surface area (Å²) < 4.78 is 12.9. The maximum atomic E-state index is 13.0. The number of carbonyl (C=O) groups excluding carboxylic acids is 1. The minimum atomic E-state index is -1.02. The Morgan fingerprint density at radius 3 is 2.78 bits per heavy atom. The molecule has 4 rings (SSSR count). The van der Waals surface area contributed by atoms with Gasteiger partial charge in [0, 0.05) is 47.5 Å². The summed E-state index contributed by atoms with van der Waals surface area (Å²) in [6.45, 7) is 4.34. The molecule has 2 aromatic carbocycles. The van der Waals surface area contributed by atoms with Crippen molar-refractivity contribution in [3.05, 3.63) is 73.9 Å². The summed E-state index contributed by atoms with van der Waals surface area (Å²) in [5.41, 5.74) is 3.93. The fraction of sp³-hybridized carbons (Fsp3) is 0.333. The van der Waals surface area contributed by atoms with E-state index in [1.54, 1.807) is 6.26 Å². The Balaban J connectivity index is 1.41. The fourth-order valence-electron chi connectivity index (χ4n) is 4.37. The highest BCUT2D eigenvalue weighted by Gasteiger charge is 2.24. The largest absolute Gasteiger partial charge is 0.611 e. The number of thioether (sulfide) groups is 1. The molecule has 1 N–H and O–H groups in total. The Kier molecular flexibility index (Phi) is 9.41. The van der Waals surface area contributed by atoms with Gasteiger partial charge in [-0.05, 0) is 61.3 Å². The molecule has 0 radical (unpaired) electrons. The van der Waals surface area contributed by atoms with E-state index in [1.807, 2.05) is 55.7 Å². The third-order valence-electron chi connectivity index (χ3n) is 6.20. The van der Waals surface area contributed by atoms with Crippen LogP contribution >= 0.6 is 34.7 Å². The van der Waals surface area contributed by atoms with Gasteiger partial charge in [0.2, 0.25) is 0 Å². The van der Waals surface area contributed by atoms with Gasteiger partial charge in [-0.15, -0.1) is 11.3 Å². The van der Waals surface area contributed by atoms with E-state index < -0.39 is 11.2 Å². The number of nitrogens with one attached hydrogen (secondary N) is 1. The molecule has 0 saturated carbocycles. The van der Waals surface area contributed by atoms with E-state index in [0.717, 1.165) is 57.7 Å². The molecule has 1 aliphatic heterocycles. The van der Waals surface area contributed by atoms with Crippen LogP contribution in [0.5, 0.6) is 0 Å². The summed E-state index contributed by atoms with van der Waals surface area (Å²) in [6, 6.07) is 15.8. The molecule has 36 heavy (non-hydrogen) atoms. The van der Waals surface area contributed by atoms with Gasteiger partial charge in [-0.3, -0.25) is 4.79 Å². The predicted octanol–water partition coefficient (Wildman–Crippen LogP) is 6.46. The van der Waals surface area contributed by atoms with Gasteiger partial charge in [0.15, 0.2) is 4.24 Å². The molecule has 1 aliphatic rings. The second-order valence-electron chi connectivity index (χ2n) is 8.79. The third kappa shape index (κ3) is 6.66. The lowest BCUT2D eigenvalue weighted by molar-refractivity contribution is 0.0949. The number of benzene rings is 2. The van der Waals surface area contributed by atoms with E-state index in [-0.39, 0.29) is 5.91 Å². The van der Waals surface area contributed by atoms with E-state index in [4.69, 9.17) is 11.6 Å². The van der Waals surface area contributed by atoms with E-state index in [9.17, 15) is 9.35 Å². The van der Waals surface area contributed by atoms with Crippen molar-refractivity contribution in [1.29, 1.82) is 0 Å². The minimum Gasteiger partial charge on any atom is -0.611 e. The van der Waals surface area contributed by atoms with E-state index >= 15 is 0 Å². The first-order valence-corrected chi connectivity index (χ1v) is 15.8. The molecule has 2 atom stereocenters. The molecule has 1 amide bonds. The number of hydrogen-bond acceptors (Lipinski definition) is 6. The summed E-state index contributed by atoms with van der Waals surface area (Å²) in [6.07, 6.45) is 7.84. The van der Waals surface area contributed by atoms with Crippen molar-refractivity contribution < 1.29 is 9.35 Å². The third-order valence-corrected chi connectivity index (χ3v) is 10.1. The summed E-state index contributed by atoms with van der Waals surface area (Å²) in [5, 5.41) is 4.65. The molecule has 0 aliphatic carbocycles. The molecule has 2 heterocycles. The van der Waals surface area contributed by atoms with Crippen molar-refractivity contribution in [3.63, 3.8) is 0 Å². The van der Waals surface area contributed by atoms with Gasteiger partial charge < -0.3 is 14.8 Å². The van der Waals surface area contributed by atoms with Crippen LogP contribution in [0.15, 0.2) is 52.8 Å². The number of piperidine rings is 1. The summed E-state index contributed by atoms with van der Waals surface area (Å²) in [4.78, 5) is 20.7. The first-order valence-electron chi connectivity index (χ1n) is 11.8. The fourth-order valence-corrected chi connectivity index (χ4v) is 6.97. The number of hydrogen-bond donors (Lipinski definition) is 1. The number of para-hydroxylation sites is 1. The van der Waals surface area contributed by atoms with Gasteiger partial charge in [0.1, 0.15) is 16.1 Å². The van der Waals surface area contributed by atoms with Crippen LogP contribution in [-0.2, 0) is 11.2 Å². The van der Waals surface area contributed by atoms with E-state index in [1.165, 1.54) is 23.1 Å². The van der Waals surface area contributed by atoms with Crippen LogP contribution in [0.4, 0.5) is 5.69 Å². The van der Waals surface area contributed by atoms with Crippen LogP contribution in [0, 0.1) is 12.8 Å². The highest BCUT2D eigenvalue weighted by molar-refractivity contribution is 8.18. The molecular weight excluding hydrogens is 530 g/mol. The predicted molar refractivity (Wildman–Crippen MR) is 157 cm³/mol. The average molecular weight is 560 g/mol. The Morgan fingerprint density at radius 2 is 2.06 bits per heavy atom. The SMILES string of the molecule is CS/C(=C/c1ccccc1N1CCCC(CNC(=O)c2sc(-c3ccc(Cl)cc3)nc2C)C1)[S+](C)[O-]. The smallest absolute Gasteiger partial charge is 0.263 e. The lowest BCUT2D eigenvalue weighted by atomic mass is 9.96. The van der Waals surface area contributed by atoms with Crippen molar-refractivity contribution in [2.24, 2.45) is 5.92 Å². The Morgan fingerprint density at radius 1 is 1.31 bits per heavy atom. The highest BCUT2D eigenvalue weighted by atomic mass is 35.5. The number of amides is 1. The average Bonchev–Trinajstić information content (AvgIpc) is 3.28. The summed E-state index contributed by atoms with van der Waals surface area (Å²) in [5.74, 6) is 0.282. The lowest BCUT2D eigenvalue weighted by Gasteiger charge is -2.35. The maximum Gasteiger partial charge on any atom is 0.263 e.